The van der Waals surface area contributed by atoms with Gasteiger partial charge in [0.25, 0.3) is 0 Å². The second-order valence-electron chi connectivity index (χ2n) is 3.37. The minimum atomic E-state index is 0.940. The SMILES string of the molecule is CCN(CC)c1cccc(CNC)c1. The predicted octanol–water partition coefficient (Wildman–Crippen LogP) is 2.25. The number of rotatable bonds is 5. The first-order chi connectivity index (χ1) is 6.81. The van der Waals surface area contributed by atoms with Crippen molar-refractivity contribution >= 4 is 5.69 Å². The standard InChI is InChI=1S/C12H20N2/c1-4-14(5-2)12-8-6-7-11(9-12)10-13-3/h6-9,13H,4-5,10H2,1-3H3. The van der Waals surface area contributed by atoms with Gasteiger partial charge in [0.2, 0.25) is 0 Å². The van der Waals surface area contributed by atoms with Crippen LogP contribution in [0.1, 0.15) is 19.4 Å². The van der Waals surface area contributed by atoms with E-state index in [0.717, 1.165) is 19.6 Å². The minimum Gasteiger partial charge on any atom is -0.372 e. The van der Waals surface area contributed by atoms with Gasteiger partial charge in [0, 0.05) is 25.3 Å². The number of hydrogen-bond donors (Lipinski definition) is 1. The Hall–Kier alpha value is -1.02. The molecule has 0 aromatic heterocycles. The van der Waals surface area contributed by atoms with Gasteiger partial charge in [-0.25, -0.2) is 0 Å². The first-order valence-electron chi connectivity index (χ1n) is 5.30. The van der Waals surface area contributed by atoms with Gasteiger partial charge in [0.05, 0.1) is 0 Å². The lowest BCUT2D eigenvalue weighted by atomic mass is 10.2. The fourth-order valence-corrected chi connectivity index (χ4v) is 1.66. The van der Waals surface area contributed by atoms with Gasteiger partial charge in [0.1, 0.15) is 0 Å². The Bertz CT molecular complexity index is 267. The molecule has 0 bridgehead atoms. The minimum absolute atomic E-state index is 0.940. The van der Waals surface area contributed by atoms with Crippen molar-refractivity contribution in [1.29, 1.82) is 0 Å². The topological polar surface area (TPSA) is 15.3 Å². The van der Waals surface area contributed by atoms with Crippen molar-refractivity contribution in [1.82, 2.24) is 5.32 Å². The summed E-state index contributed by atoms with van der Waals surface area (Å²) in [5.41, 5.74) is 2.67. The molecule has 0 saturated heterocycles. The normalized spacial score (nSPS) is 10.2. The molecule has 1 rings (SSSR count). The second-order valence-corrected chi connectivity index (χ2v) is 3.37. The van der Waals surface area contributed by atoms with Crippen molar-refractivity contribution < 1.29 is 0 Å². The number of benzene rings is 1. The van der Waals surface area contributed by atoms with Crippen LogP contribution < -0.4 is 10.2 Å². The highest BCUT2D eigenvalue weighted by molar-refractivity contribution is 5.48. The zero-order valence-electron chi connectivity index (χ0n) is 9.38. The summed E-state index contributed by atoms with van der Waals surface area (Å²) in [7, 11) is 1.98. The molecular formula is C12H20N2. The summed E-state index contributed by atoms with van der Waals surface area (Å²) in [6.45, 7) is 7.45. The molecule has 2 nitrogen and oxygen atoms in total. The van der Waals surface area contributed by atoms with Crippen LogP contribution in [-0.2, 0) is 6.54 Å². The second kappa shape index (κ2) is 5.66. The Balaban J connectivity index is 2.81. The highest BCUT2D eigenvalue weighted by atomic mass is 15.1. The quantitative estimate of drug-likeness (QED) is 0.769. The number of anilines is 1. The fourth-order valence-electron chi connectivity index (χ4n) is 1.66. The largest absolute Gasteiger partial charge is 0.372 e. The summed E-state index contributed by atoms with van der Waals surface area (Å²) in [4.78, 5) is 2.36. The van der Waals surface area contributed by atoms with Gasteiger partial charge in [-0.1, -0.05) is 12.1 Å². The van der Waals surface area contributed by atoms with E-state index in [0.29, 0.717) is 0 Å². The van der Waals surface area contributed by atoms with Crippen LogP contribution in [0.2, 0.25) is 0 Å². The van der Waals surface area contributed by atoms with E-state index in [2.05, 4.69) is 48.3 Å². The highest BCUT2D eigenvalue weighted by Crippen LogP contribution is 2.15. The zero-order valence-corrected chi connectivity index (χ0v) is 9.38. The summed E-state index contributed by atoms with van der Waals surface area (Å²) in [6.07, 6.45) is 0. The van der Waals surface area contributed by atoms with E-state index in [9.17, 15) is 0 Å². The van der Waals surface area contributed by atoms with Gasteiger partial charge in [-0.15, -0.1) is 0 Å². The summed E-state index contributed by atoms with van der Waals surface area (Å²) >= 11 is 0. The Morgan fingerprint density at radius 2 is 1.93 bits per heavy atom. The maximum atomic E-state index is 3.17. The lowest BCUT2D eigenvalue weighted by Gasteiger charge is -2.21. The van der Waals surface area contributed by atoms with E-state index < -0.39 is 0 Å². The third kappa shape index (κ3) is 2.74. The van der Waals surface area contributed by atoms with Crippen LogP contribution in [-0.4, -0.2) is 20.1 Å². The van der Waals surface area contributed by atoms with Crippen LogP contribution in [0.5, 0.6) is 0 Å². The molecule has 0 aliphatic heterocycles. The van der Waals surface area contributed by atoms with E-state index in [-0.39, 0.29) is 0 Å². The molecule has 0 radical (unpaired) electrons. The number of nitrogens with zero attached hydrogens (tertiary/aromatic N) is 1. The molecule has 0 heterocycles. The fraction of sp³-hybridized carbons (Fsp3) is 0.500. The van der Waals surface area contributed by atoms with Crippen LogP contribution in [0.15, 0.2) is 24.3 Å². The van der Waals surface area contributed by atoms with Crippen LogP contribution in [0.25, 0.3) is 0 Å². The predicted molar refractivity (Wildman–Crippen MR) is 62.8 cm³/mol. The molecule has 1 aromatic carbocycles. The van der Waals surface area contributed by atoms with Gasteiger partial charge >= 0.3 is 0 Å². The Morgan fingerprint density at radius 1 is 1.21 bits per heavy atom. The molecule has 0 aliphatic carbocycles. The zero-order chi connectivity index (χ0) is 10.4. The van der Waals surface area contributed by atoms with E-state index in [1.807, 2.05) is 7.05 Å². The molecule has 0 spiro atoms. The summed E-state index contributed by atoms with van der Waals surface area (Å²) in [5.74, 6) is 0. The van der Waals surface area contributed by atoms with Gasteiger partial charge in [-0.2, -0.15) is 0 Å². The van der Waals surface area contributed by atoms with E-state index >= 15 is 0 Å². The first-order valence-corrected chi connectivity index (χ1v) is 5.30. The van der Waals surface area contributed by atoms with Crippen LogP contribution in [0.4, 0.5) is 5.69 Å². The molecule has 0 unspecified atom stereocenters. The van der Waals surface area contributed by atoms with Crippen molar-refractivity contribution in [2.24, 2.45) is 0 Å². The van der Waals surface area contributed by atoms with Gasteiger partial charge < -0.3 is 10.2 Å². The number of nitrogens with one attached hydrogen (secondary N) is 1. The van der Waals surface area contributed by atoms with Crippen LogP contribution >= 0.6 is 0 Å². The molecule has 14 heavy (non-hydrogen) atoms. The Labute approximate surface area is 86.9 Å². The average Bonchev–Trinajstić information content (AvgIpc) is 2.21. The molecule has 1 aromatic rings. The van der Waals surface area contributed by atoms with Crippen LogP contribution in [0.3, 0.4) is 0 Å². The molecule has 0 fully saturated rings. The van der Waals surface area contributed by atoms with Crippen LogP contribution in [0, 0.1) is 0 Å². The van der Waals surface area contributed by atoms with E-state index in [1.54, 1.807) is 0 Å². The third-order valence-corrected chi connectivity index (χ3v) is 2.42. The first kappa shape index (κ1) is 11.1. The van der Waals surface area contributed by atoms with Gasteiger partial charge in [-0.3, -0.25) is 0 Å². The molecule has 0 aliphatic rings. The lowest BCUT2D eigenvalue weighted by molar-refractivity contribution is 0.813. The van der Waals surface area contributed by atoms with E-state index in [1.165, 1.54) is 11.3 Å². The molecule has 2 heteroatoms. The number of hydrogen-bond acceptors (Lipinski definition) is 2. The maximum absolute atomic E-state index is 3.17. The van der Waals surface area contributed by atoms with Crippen molar-refractivity contribution in [2.75, 3.05) is 25.0 Å². The van der Waals surface area contributed by atoms with Crippen molar-refractivity contribution in [3.8, 4) is 0 Å². The van der Waals surface area contributed by atoms with Crippen molar-refractivity contribution in [3.63, 3.8) is 0 Å². The van der Waals surface area contributed by atoms with Gasteiger partial charge in [-0.05, 0) is 38.6 Å². The smallest absolute Gasteiger partial charge is 0.0369 e. The van der Waals surface area contributed by atoms with Crippen molar-refractivity contribution in [2.45, 2.75) is 20.4 Å². The molecule has 78 valence electrons. The average molecular weight is 192 g/mol. The van der Waals surface area contributed by atoms with Gasteiger partial charge in [0.15, 0.2) is 0 Å². The third-order valence-electron chi connectivity index (χ3n) is 2.42. The summed E-state index contributed by atoms with van der Waals surface area (Å²) in [5, 5.41) is 3.17. The van der Waals surface area contributed by atoms with Crippen molar-refractivity contribution in [3.05, 3.63) is 29.8 Å². The molecule has 0 saturated carbocycles. The van der Waals surface area contributed by atoms with E-state index in [4.69, 9.17) is 0 Å². The Morgan fingerprint density at radius 3 is 2.50 bits per heavy atom. The molecule has 0 amide bonds. The molecular weight excluding hydrogens is 172 g/mol. The Kier molecular flexibility index (Phi) is 4.47. The molecule has 1 N–H and O–H groups in total. The summed E-state index contributed by atoms with van der Waals surface area (Å²) < 4.78 is 0. The highest BCUT2D eigenvalue weighted by Gasteiger charge is 2.01. The maximum Gasteiger partial charge on any atom is 0.0369 e. The lowest BCUT2D eigenvalue weighted by Crippen LogP contribution is -2.21. The monoisotopic (exact) mass is 192 g/mol. The molecule has 0 atom stereocenters. The summed E-state index contributed by atoms with van der Waals surface area (Å²) in [6, 6.07) is 8.71.